The second-order valence-corrected chi connectivity index (χ2v) is 11.8. The minimum Gasteiger partial charge on any atom is -0.242 e. The van der Waals surface area contributed by atoms with Gasteiger partial charge in [-0.05, 0) is 55.3 Å². The summed E-state index contributed by atoms with van der Waals surface area (Å²) in [5.74, 6) is -0.169. The summed E-state index contributed by atoms with van der Waals surface area (Å²) < 4.78 is 41.2. The Hall–Kier alpha value is -2.02. The third-order valence-electron chi connectivity index (χ3n) is 4.47. The number of nitrogens with one attached hydrogen (secondary N) is 1. The highest BCUT2D eigenvalue weighted by atomic mass is 32.2. The van der Waals surface area contributed by atoms with E-state index < -0.39 is 31.6 Å². The van der Waals surface area contributed by atoms with Crippen LogP contribution in [0, 0.1) is 0 Å². The van der Waals surface area contributed by atoms with E-state index in [1.165, 1.54) is 0 Å². The van der Waals surface area contributed by atoms with Crippen molar-refractivity contribution in [2.45, 2.75) is 36.5 Å². The summed E-state index contributed by atoms with van der Waals surface area (Å²) in [5.41, 5.74) is 0.802. The molecular formula is C22H25NO3S2. The average Bonchev–Trinajstić information content (AvgIpc) is 2.67. The lowest BCUT2D eigenvalue weighted by atomic mass is 10.0. The monoisotopic (exact) mass is 415 g/mol. The number of benzene rings is 3. The zero-order chi connectivity index (χ0) is 20.4. The second kappa shape index (κ2) is 8.15. The molecule has 3 aromatic rings. The Balaban J connectivity index is 2.00. The maximum absolute atomic E-state index is 13.0. The smallest absolute Gasteiger partial charge is 0.180 e. The van der Waals surface area contributed by atoms with E-state index in [-0.39, 0.29) is 10.6 Å². The molecule has 1 N–H and O–H groups in total. The third-order valence-corrected chi connectivity index (χ3v) is 7.84. The molecule has 6 heteroatoms. The fourth-order valence-corrected chi connectivity index (χ4v) is 5.29. The predicted octanol–water partition coefficient (Wildman–Crippen LogP) is 4.41. The Kier molecular flexibility index (Phi) is 6.03. The van der Waals surface area contributed by atoms with Gasteiger partial charge in [-0.1, -0.05) is 54.6 Å². The maximum Gasteiger partial charge on any atom is 0.180 e. The Labute approximate surface area is 169 Å². The van der Waals surface area contributed by atoms with Crippen LogP contribution in [0.4, 0.5) is 0 Å². The van der Waals surface area contributed by atoms with Crippen molar-refractivity contribution in [2.24, 2.45) is 0 Å². The molecule has 0 bridgehead atoms. The van der Waals surface area contributed by atoms with Crippen LogP contribution < -0.4 is 4.72 Å². The molecule has 2 atom stereocenters. The van der Waals surface area contributed by atoms with Crippen LogP contribution in [0.1, 0.15) is 32.4 Å². The number of hydrogen-bond donors (Lipinski definition) is 1. The minimum absolute atomic E-state index is 0.169. The quantitative estimate of drug-likeness (QED) is 0.649. The molecule has 1 unspecified atom stereocenters. The molecule has 0 aliphatic rings. The van der Waals surface area contributed by atoms with E-state index in [9.17, 15) is 12.6 Å². The maximum atomic E-state index is 13.0. The van der Waals surface area contributed by atoms with Crippen LogP contribution in [0.15, 0.2) is 77.7 Å². The summed E-state index contributed by atoms with van der Waals surface area (Å²) in [6, 6.07) is 21.5. The highest BCUT2D eigenvalue weighted by Gasteiger charge is 2.28. The molecule has 3 aromatic carbocycles. The standard InChI is InChI=1S/C22H25NO3S2/c1-22(2,3)27(24)23-21(16-28(25,26)20-11-5-4-6-12-20)19-14-13-17-9-7-8-10-18(17)15-19/h4-15,21,23H,16H2,1-3H3/t21-,27?/m0/s1. The SMILES string of the molecule is CC(C)(C)S(=O)N[C@@H](CS(=O)(=O)c1ccccc1)c1ccc2ccccc2c1. The molecule has 0 fully saturated rings. The van der Waals surface area contributed by atoms with Crippen molar-refractivity contribution in [1.29, 1.82) is 0 Å². The molecule has 148 valence electrons. The van der Waals surface area contributed by atoms with Crippen molar-refractivity contribution in [3.05, 3.63) is 78.4 Å². The van der Waals surface area contributed by atoms with Gasteiger partial charge in [0.25, 0.3) is 0 Å². The van der Waals surface area contributed by atoms with E-state index >= 15 is 0 Å². The van der Waals surface area contributed by atoms with E-state index in [0.717, 1.165) is 16.3 Å². The lowest BCUT2D eigenvalue weighted by molar-refractivity contribution is 0.579. The first kappa shape index (κ1) is 20.7. The molecule has 0 aliphatic heterocycles. The summed E-state index contributed by atoms with van der Waals surface area (Å²) in [6.07, 6.45) is 0. The molecule has 0 spiro atoms. The van der Waals surface area contributed by atoms with Crippen molar-refractivity contribution >= 4 is 31.6 Å². The second-order valence-electron chi connectivity index (χ2n) is 7.75. The van der Waals surface area contributed by atoms with E-state index in [1.54, 1.807) is 30.3 Å². The Morgan fingerprint density at radius 3 is 2.14 bits per heavy atom. The van der Waals surface area contributed by atoms with Crippen molar-refractivity contribution in [3.8, 4) is 0 Å². The molecule has 0 saturated carbocycles. The molecule has 0 amide bonds. The van der Waals surface area contributed by atoms with Crippen molar-refractivity contribution < 1.29 is 12.6 Å². The average molecular weight is 416 g/mol. The molecule has 4 nitrogen and oxygen atoms in total. The Bertz CT molecular complexity index is 1090. The van der Waals surface area contributed by atoms with Gasteiger partial charge in [0.2, 0.25) is 0 Å². The van der Waals surface area contributed by atoms with Crippen LogP contribution in [0.3, 0.4) is 0 Å². The zero-order valence-corrected chi connectivity index (χ0v) is 17.9. The van der Waals surface area contributed by atoms with Gasteiger partial charge in [-0.25, -0.2) is 17.3 Å². The van der Waals surface area contributed by atoms with Crippen molar-refractivity contribution in [1.82, 2.24) is 4.72 Å². The lowest BCUT2D eigenvalue weighted by Crippen LogP contribution is -2.38. The van der Waals surface area contributed by atoms with E-state index in [2.05, 4.69) is 4.72 Å². The minimum atomic E-state index is -3.55. The summed E-state index contributed by atoms with van der Waals surface area (Å²) in [6.45, 7) is 5.58. The molecule has 0 aliphatic carbocycles. The zero-order valence-electron chi connectivity index (χ0n) is 16.3. The van der Waals surface area contributed by atoms with E-state index in [4.69, 9.17) is 0 Å². The van der Waals surface area contributed by atoms with Gasteiger partial charge in [0, 0.05) is 0 Å². The van der Waals surface area contributed by atoms with Gasteiger partial charge in [-0.15, -0.1) is 0 Å². The summed E-state index contributed by atoms with van der Waals surface area (Å²) in [7, 11) is -4.96. The van der Waals surface area contributed by atoms with Gasteiger partial charge in [-0.3, -0.25) is 0 Å². The van der Waals surface area contributed by atoms with Gasteiger partial charge >= 0.3 is 0 Å². The number of hydrogen-bond acceptors (Lipinski definition) is 3. The number of sulfone groups is 1. The molecule has 0 radical (unpaired) electrons. The normalized spacial score (nSPS) is 14.7. The largest absolute Gasteiger partial charge is 0.242 e. The number of fused-ring (bicyclic) bond motifs is 1. The summed E-state index contributed by atoms with van der Waals surface area (Å²) >= 11 is 0. The first-order valence-corrected chi connectivity index (χ1v) is 11.9. The first-order valence-electron chi connectivity index (χ1n) is 9.11. The van der Waals surface area contributed by atoms with Crippen molar-refractivity contribution in [3.63, 3.8) is 0 Å². The highest BCUT2D eigenvalue weighted by Crippen LogP contribution is 2.25. The van der Waals surface area contributed by atoms with Crippen LogP contribution in [0.5, 0.6) is 0 Å². The van der Waals surface area contributed by atoms with Crippen LogP contribution in [0.2, 0.25) is 0 Å². The van der Waals surface area contributed by atoms with Crippen LogP contribution in [-0.4, -0.2) is 23.1 Å². The van der Waals surface area contributed by atoms with Gasteiger partial charge in [0.05, 0.1) is 32.4 Å². The van der Waals surface area contributed by atoms with Gasteiger partial charge in [0.1, 0.15) is 0 Å². The molecule has 0 aromatic heterocycles. The Morgan fingerprint density at radius 2 is 1.50 bits per heavy atom. The molecule has 0 heterocycles. The number of rotatable bonds is 6. The fourth-order valence-electron chi connectivity index (χ4n) is 2.87. The first-order chi connectivity index (χ1) is 13.2. The third kappa shape index (κ3) is 4.87. The van der Waals surface area contributed by atoms with Crippen molar-refractivity contribution in [2.75, 3.05) is 5.75 Å². The van der Waals surface area contributed by atoms with E-state index in [0.29, 0.717) is 0 Å². The van der Waals surface area contributed by atoms with Crippen LogP contribution in [0.25, 0.3) is 10.8 Å². The molecule has 0 saturated heterocycles. The molecular weight excluding hydrogens is 390 g/mol. The van der Waals surface area contributed by atoms with Crippen LogP contribution >= 0.6 is 0 Å². The fraction of sp³-hybridized carbons (Fsp3) is 0.273. The summed E-state index contributed by atoms with van der Waals surface area (Å²) in [5, 5.41) is 2.10. The van der Waals surface area contributed by atoms with Gasteiger partial charge in [-0.2, -0.15) is 0 Å². The van der Waals surface area contributed by atoms with E-state index in [1.807, 2.05) is 63.2 Å². The topological polar surface area (TPSA) is 63.2 Å². The van der Waals surface area contributed by atoms with Gasteiger partial charge < -0.3 is 0 Å². The van der Waals surface area contributed by atoms with Gasteiger partial charge in [0.15, 0.2) is 9.84 Å². The highest BCUT2D eigenvalue weighted by molar-refractivity contribution is 7.91. The predicted molar refractivity (Wildman–Crippen MR) is 116 cm³/mol. The lowest BCUT2D eigenvalue weighted by Gasteiger charge is -2.25. The van der Waals surface area contributed by atoms with Crippen LogP contribution in [-0.2, 0) is 20.8 Å². The molecule has 3 rings (SSSR count). The summed E-state index contributed by atoms with van der Waals surface area (Å²) in [4.78, 5) is 0.268. The molecule has 28 heavy (non-hydrogen) atoms. The Morgan fingerprint density at radius 1 is 0.893 bits per heavy atom.